The molecule has 0 unspecified atom stereocenters. The maximum Gasteiger partial charge on any atom is 0.408 e. The minimum absolute atomic E-state index is 0.378. The van der Waals surface area contributed by atoms with Crippen molar-refractivity contribution in [1.82, 2.24) is 4.90 Å². The van der Waals surface area contributed by atoms with E-state index in [2.05, 4.69) is 0 Å². The Kier molecular flexibility index (Phi) is 3.99. The van der Waals surface area contributed by atoms with Crippen molar-refractivity contribution in [3.05, 3.63) is 29.8 Å². The largest absolute Gasteiger partial charge is 0.497 e. The number of carboxylic acid groups (broad SMARTS) is 1. The molecular weight excluding hydrogens is 218 g/mol. The molecule has 1 amide bonds. The Balaban J connectivity index is 2.83. The van der Waals surface area contributed by atoms with Crippen LogP contribution in [0.5, 0.6) is 5.75 Å². The van der Waals surface area contributed by atoms with Gasteiger partial charge in [0, 0.05) is 12.1 Å². The number of methoxy groups -OCH3 is 1. The van der Waals surface area contributed by atoms with Crippen LogP contribution in [0.25, 0.3) is 0 Å². The van der Waals surface area contributed by atoms with Gasteiger partial charge >= 0.3 is 6.09 Å². The minimum atomic E-state index is -0.909. The van der Waals surface area contributed by atoms with Gasteiger partial charge in [-0.2, -0.15) is 0 Å². The fraction of sp³-hybridized carbons (Fsp3) is 0.462. The lowest BCUT2D eigenvalue weighted by molar-refractivity contribution is 0.0955. The van der Waals surface area contributed by atoms with Crippen LogP contribution in [0.15, 0.2) is 24.3 Å². The van der Waals surface area contributed by atoms with E-state index < -0.39 is 11.6 Å². The van der Waals surface area contributed by atoms with Gasteiger partial charge in [0.25, 0.3) is 0 Å². The summed E-state index contributed by atoms with van der Waals surface area (Å²) in [4.78, 5) is 12.6. The van der Waals surface area contributed by atoms with Gasteiger partial charge in [-0.15, -0.1) is 0 Å². The summed E-state index contributed by atoms with van der Waals surface area (Å²) in [5.74, 6) is 0.770. The topological polar surface area (TPSA) is 49.8 Å². The minimum Gasteiger partial charge on any atom is -0.497 e. The highest BCUT2D eigenvalue weighted by Crippen LogP contribution is 2.19. The summed E-state index contributed by atoms with van der Waals surface area (Å²) in [5.41, 5.74) is 0.536. The normalized spacial score (nSPS) is 11.1. The third kappa shape index (κ3) is 3.66. The van der Waals surface area contributed by atoms with Crippen LogP contribution >= 0.6 is 0 Å². The third-order valence-electron chi connectivity index (χ3n) is 2.54. The second kappa shape index (κ2) is 5.08. The predicted octanol–water partition coefficient (Wildman–Crippen LogP) is 2.97. The fourth-order valence-corrected chi connectivity index (χ4v) is 1.51. The van der Waals surface area contributed by atoms with Crippen LogP contribution in [0, 0.1) is 0 Å². The maximum atomic E-state index is 11.2. The Hall–Kier alpha value is -1.71. The van der Waals surface area contributed by atoms with Crippen molar-refractivity contribution in [1.29, 1.82) is 0 Å². The number of rotatable bonds is 3. The van der Waals surface area contributed by atoms with Crippen molar-refractivity contribution in [3.8, 4) is 5.75 Å². The second-order valence-electron chi connectivity index (χ2n) is 4.89. The molecule has 0 atom stereocenters. The van der Waals surface area contributed by atoms with Crippen molar-refractivity contribution in [2.75, 3.05) is 7.11 Å². The molecule has 0 bridgehead atoms. The maximum absolute atomic E-state index is 11.2. The van der Waals surface area contributed by atoms with Crippen LogP contribution in [-0.2, 0) is 6.54 Å². The first-order valence-electron chi connectivity index (χ1n) is 5.48. The zero-order chi connectivity index (χ0) is 13.1. The number of ether oxygens (including phenoxy) is 1. The van der Waals surface area contributed by atoms with Crippen molar-refractivity contribution in [3.63, 3.8) is 0 Å². The van der Waals surface area contributed by atoms with Crippen molar-refractivity contribution < 1.29 is 14.6 Å². The summed E-state index contributed by atoms with van der Waals surface area (Å²) < 4.78 is 5.06. The predicted molar refractivity (Wildman–Crippen MR) is 66.3 cm³/mol. The lowest BCUT2D eigenvalue weighted by atomic mass is 10.1. The van der Waals surface area contributed by atoms with Gasteiger partial charge in [0.1, 0.15) is 5.75 Å². The van der Waals surface area contributed by atoms with E-state index >= 15 is 0 Å². The highest BCUT2D eigenvalue weighted by atomic mass is 16.5. The van der Waals surface area contributed by atoms with E-state index in [-0.39, 0.29) is 0 Å². The van der Waals surface area contributed by atoms with Crippen LogP contribution < -0.4 is 4.74 Å². The smallest absolute Gasteiger partial charge is 0.408 e. The Morgan fingerprint density at radius 1 is 1.29 bits per heavy atom. The Labute approximate surface area is 102 Å². The summed E-state index contributed by atoms with van der Waals surface area (Å²) in [5, 5.41) is 9.17. The van der Waals surface area contributed by atoms with Gasteiger partial charge in [-0.05, 0) is 38.5 Å². The van der Waals surface area contributed by atoms with Gasteiger partial charge in [-0.1, -0.05) is 12.1 Å². The Morgan fingerprint density at radius 3 is 2.18 bits per heavy atom. The van der Waals surface area contributed by atoms with Crippen LogP contribution in [0.3, 0.4) is 0 Å². The summed E-state index contributed by atoms with van der Waals surface area (Å²) in [6.45, 7) is 6.02. The fourth-order valence-electron chi connectivity index (χ4n) is 1.51. The van der Waals surface area contributed by atoms with Crippen molar-refractivity contribution in [2.45, 2.75) is 32.9 Å². The van der Waals surface area contributed by atoms with E-state index in [0.29, 0.717) is 6.54 Å². The lowest BCUT2D eigenvalue weighted by Gasteiger charge is -2.33. The number of amides is 1. The highest BCUT2D eigenvalue weighted by molar-refractivity contribution is 5.66. The standard InChI is InChI=1S/C13H19NO3/c1-13(2,3)14(12(15)16)9-10-5-7-11(17-4)8-6-10/h5-8H,9H2,1-4H3,(H,15,16). The number of nitrogens with zero attached hydrogens (tertiary/aromatic N) is 1. The summed E-state index contributed by atoms with van der Waals surface area (Å²) in [7, 11) is 1.60. The first-order valence-corrected chi connectivity index (χ1v) is 5.48. The lowest BCUT2D eigenvalue weighted by Crippen LogP contribution is -2.44. The van der Waals surface area contributed by atoms with Crippen LogP contribution in [0.1, 0.15) is 26.3 Å². The number of hydrogen-bond donors (Lipinski definition) is 1. The molecule has 1 aromatic carbocycles. The molecule has 0 aliphatic heterocycles. The van der Waals surface area contributed by atoms with E-state index in [0.717, 1.165) is 11.3 Å². The molecule has 0 aromatic heterocycles. The van der Waals surface area contributed by atoms with Crippen LogP contribution in [-0.4, -0.2) is 28.7 Å². The monoisotopic (exact) mass is 237 g/mol. The third-order valence-corrected chi connectivity index (χ3v) is 2.54. The molecule has 0 heterocycles. The van der Waals surface area contributed by atoms with E-state index in [9.17, 15) is 9.90 Å². The zero-order valence-electron chi connectivity index (χ0n) is 10.7. The van der Waals surface area contributed by atoms with E-state index in [1.165, 1.54) is 4.90 Å². The molecule has 0 spiro atoms. The quantitative estimate of drug-likeness (QED) is 0.879. The molecular formula is C13H19NO3. The molecule has 0 aliphatic carbocycles. The molecule has 0 radical (unpaired) electrons. The highest BCUT2D eigenvalue weighted by Gasteiger charge is 2.25. The van der Waals surface area contributed by atoms with Crippen LogP contribution in [0.4, 0.5) is 4.79 Å². The zero-order valence-corrected chi connectivity index (χ0v) is 10.7. The van der Waals surface area contributed by atoms with Crippen molar-refractivity contribution >= 4 is 6.09 Å². The number of carbonyl (C=O) groups is 1. The molecule has 0 saturated heterocycles. The molecule has 0 saturated carbocycles. The van der Waals surface area contributed by atoms with Crippen LogP contribution in [0.2, 0.25) is 0 Å². The van der Waals surface area contributed by atoms with Gasteiger partial charge in [0.15, 0.2) is 0 Å². The van der Waals surface area contributed by atoms with E-state index in [1.54, 1.807) is 7.11 Å². The van der Waals surface area contributed by atoms with Crippen molar-refractivity contribution in [2.24, 2.45) is 0 Å². The summed E-state index contributed by atoms with van der Waals surface area (Å²) in [6.07, 6.45) is -0.909. The average Bonchev–Trinajstić information content (AvgIpc) is 2.24. The first-order chi connectivity index (χ1) is 7.84. The van der Waals surface area contributed by atoms with Gasteiger partial charge in [-0.3, -0.25) is 4.90 Å². The molecule has 4 nitrogen and oxygen atoms in total. The molecule has 0 fully saturated rings. The van der Waals surface area contributed by atoms with E-state index in [4.69, 9.17) is 4.74 Å². The van der Waals surface area contributed by atoms with Gasteiger partial charge in [0.05, 0.1) is 7.11 Å². The van der Waals surface area contributed by atoms with Gasteiger partial charge in [-0.25, -0.2) is 4.79 Å². The SMILES string of the molecule is COc1ccc(CN(C(=O)O)C(C)(C)C)cc1. The summed E-state index contributed by atoms with van der Waals surface area (Å²) in [6, 6.07) is 7.41. The molecule has 4 heteroatoms. The molecule has 94 valence electrons. The Bertz CT molecular complexity index is 379. The van der Waals surface area contributed by atoms with Gasteiger partial charge in [0.2, 0.25) is 0 Å². The molecule has 1 N–H and O–H groups in total. The summed E-state index contributed by atoms with van der Waals surface area (Å²) >= 11 is 0. The average molecular weight is 237 g/mol. The molecule has 17 heavy (non-hydrogen) atoms. The molecule has 1 rings (SSSR count). The molecule has 0 aliphatic rings. The number of hydrogen-bond acceptors (Lipinski definition) is 2. The Morgan fingerprint density at radius 2 is 1.82 bits per heavy atom. The van der Waals surface area contributed by atoms with Gasteiger partial charge < -0.3 is 9.84 Å². The number of benzene rings is 1. The second-order valence-corrected chi connectivity index (χ2v) is 4.89. The first kappa shape index (κ1) is 13.4. The van der Waals surface area contributed by atoms with E-state index in [1.807, 2.05) is 45.0 Å². The molecule has 1 aromatic rings.